The molecule has 1 amide bonds. The Balaban J connectivity index is 2.05. The maximum atomic E-state index is 14.4. The van der Waals surface area contributed by atoms with Crippen LogP contribution in [0.5, 0.6) is 0 Å². The highest BCUT2D eigenvalue weighted by Gasteiger charge is 2.53. The van der Waals surface area contributed by atoms with Crippen LogP contribution in [-0.4, -0.2) is 45.6 Å². The standard InChI is InChI=1S/C15H17BrFN3O4/c16-11-2-4-18-13(17)12(11)10(7-20(23)24)15-3-1-9(5-15)6-19(8-15)14(21)22/h2,4,9-10H,1,3,5-8H2,(H,21,22)/t9-,10?,15-/m1/s1. The summed E-state index contributed by atoms with van der Waals surface area (Å²) in [5, 5.41) is 20.6. The highest BCUT2D eigenvalue weighted by Crippen LogP contribution is 2.55. The normalized spacial score (nSPS) is 27.1. The SMILES string of the molecule is O=C(O)N1C[C@@H]2CC[C@@](C(C[N+](=O)[O-])c3c(Br)ccnc3F)(C2)C1. The van der Waals surface area contributed by atoms with Gasteiger partial charge in [0.15, 0.2) is 0 Å². The van der Waals surface area contributed by atoms with E-state index in [1.807, 2.05) is 0 Å². The number of nitro groups is 1. The second-order valence-electron chi connectivity index (χ2n) is 6.70. The van der Waals surface area contributed by atoms with Gasteiger partial charge in [-0.2, -0.15) is 4.39 Å². The van der Waals surface area contributed by atoms with Crippen molar-refractivity contribution in [2.75, 3.05) is 19.6 Å². The van der Waals surface area contributed by atoms with Crippen LogP contribution in [-0.2, 0) is 0 Å². The largest absolute Gasteiger partial charge is 0.465 e. The molecule has 24 heavy (non-hydrogen) atoms. The Morgan fingerprint density at radius 2 is 2.42 bits per heavy atom. The molecule has 1 unspecified atom stereocenters. The predicted octanol–water partition coefficient (Wildman–Crippen LogP) is 3.12. The van der Waals surface area contributed by atoms with Crippen LogP contribution in [0.4, 0.5) is 9.18 Å². The molecule has 1 saturated heterocycles. The molecule has 2 fully saturated rings. The Morgan fingerprint density at radius 3 is 3.04 bits per heavy atom. The fraction of sp³-hybridized carbons (Fsp3) is 0.600. The molecule has 130 valence electrons. The number of amides is 1. The van der Waals surface area contributed by atoms with Crippen molar-refractivity contribution in [3.63, 3.8) is 0 Å². The van der Waals surface area contributed by atoms with Crippen LogP contribution in [0, 0.1) is 27.4 Å². The molecular formula is C15H17BrFN3O4. The van der Waals surface area contributed by atoms with Crippen molar-refractivity contribution in [1.29, 1.82) is 0 Å². The summed E-state index contributed by atoms with van der Waals surface area (Å²) in [4.78, 5) is 27.2. The van der Waals surface area contributed by atoms with E-state index in [9.17, 15) is 24.4 Å². The van der Waals surface area contributed by atoms with Crippen LogP contribution in [0.25, 0.3) is 0 Å². The molecule has 0 spiro atoms. The Kier molecular flexibility index (Phi) is 4.46. The van der Waals surface area contributed by atoms with Gasteiger partial charge in [0.25, 0.3) is 0 Å². The molecule has 1 aromatic heterocycles. The minimum absolute atomic E-state index is 0.169. The number of piperidine rings is 1. The van der Waals surface area contributed by atoms with E-state index in [0.717, 1.165) is 6.42 Å². The molecule has 2 bridgehead atoms. The molecule has 1 aromatic rings. The molecule has 1 aliphatic carbocycles. The lowest BCUT2D eigenvalue weighted by atomic mass is 9.68. The average Bonchev–Trinajstić information content (AvgIpc) is 2.81. The molecule has 1 saturated carbocycles. The predicted molar refractivity (Wildman–Crippen MR) is 85.9 cm³/mol. The first-order chi connectivity index (χ1) is 11.3. The van der Waals surface area contributed by atoms with Crippen molar-refractivity contribution >= 4 is 22.0 Å². The summed E-state index contributed by atoms with van der Waals surface area (Å²) in [6, 6.07) is 1.56. The maximum absolute atomic E-state index is 14.4. The molecule has 0 radical (unpaired) electrons. The van der Waals surface area contributed by atoms with E-state index in [-0.39, 0.29) is 18.0 Å². The van der Waals surface area contributed by atoms with Crippen LogP contribution in [0.3, 0.4) is 0 Å². The van der Waals surface area contributed by atoms with E-state index in [1.165, 1.54) is 11.1 Å². The minimum Gasteiger partial charge on any atom is -0.465 e. The van der Waals surface area contributed by atoms with E-state index in [4.69, 9.17) is 0 Å². The average molecular weight is 402 g/mol. The third kappa shape index (κ3) is 2.97. The Hall–Kier alpha value is -1.77. The molecular weight excluding hydrogens is 385 g/mol. The zero-order valence-corrected chi connectivity index (χ0v) is 14.4. The third-order valence-corrected chi connectivity index (χ3v) is 6.00. The summed E-state index contributed by atoms with van der Waals surface area (Å²) in [7, 11) is 0. The lowest BCUT2D eigenvalue weighted by Crippen LogP contribution is -2.49. The summed E-state index contributed by atoms with van der Waals surface area (Å²) in [5.41, 5.74) is -0.442. The van der Waals surface area contributed by atoms with Crippen LogP contribution in [0.1, 0.15) is 30.7 Å². The molecule has 9 heteroatoms. The number of fused-ring (bicyclic) bond motifs is 2. The summed E-state index contributed by atoms with van der Waals surface area (Å²) in [6.45, 7) is 0.193. The van der Waals surface area contributed by atoms with E-state index >= 15 is 0 Å². The summed E-state index contributed by atoms with van der Waals surface area (Å²) >= 11 is 3.28. The van der Waals surface area contributed by atoms with Crippen molar-refractivity contribution in [1.82, 2.24) is 9.88 Å². The number of rotatable bonds is 4. The quantitative estimate of drug-likeness (QED) is 0.474. The third-order valence-electron chi connectivity index (χ3n) is 5.31. The van der Waals surface area contributed by atoms with E-state index in [0.29, 0.717) is 23.9 Å². The zero-order valence-electron chi connectivity index (χ0n) is 12.8. The van der Waals surface area contributed by atoms with Gasteiger partial charge in [0.2, 0.25) is 12.5 Å². The van der Waals surface area contributed by atoms with Gasteiger partial charge >= 0.3 is 6.09 Å². The Labute approximate surface area is 146 Å². The van der Waals surface area contributed by atoms with Crippen LogP contribution < -0.4 is 0 Å². The number of nitrogens with zero attached hydrogens (tertiary/aromatic N) is 3. The second kappa shape index (κ2) is 6.27. The van der Waals surface area contributed by atoms with Gasteiger partial charge in [-0.05, 0) is 31.2 Å². The first kappa shape index (κ1) is 17.1. The Morgan fingerprint density at radius 1 is 1.67 bits per heavy atom. The van der Waals surface area contributed by atoms with E-state index < -0.39 is 34.8 Å². The molecule has 0 aromatic carbocycles. The number of likely N-dealkylation sites (tertiary alicyclic amines) is 1. The van der Waals surface area contributed by atoms with Gasteiger partial charge in [0, 0.05) is 39.7 Å². The number of carboxylic acid groups (broad SMARTS) is 1. The number of halogens is 2. The molecule has 2 aliphatic rings. The summed E-state index contributed by atoms with van der Waals surface area (Å²) in [6.07, 6.45) is 2.40. The van der Waals surface area contributed by atoms with E-state index in [1.54, 1.807) is 6.07 Å². The Bertz CT molecular complexity index is 668. The van der Waals surface area contributed by atoms with Gasteiger partial charge in [0.1, 0.15) is 0 Å². The van der Waals surface area contributed by atoms with Gasteiger partial charge < -0.3 is 10.0 Å². The van der Waals surface area contributed by atoms with Gasteiger partial charge in [-0.25, -0.2) is 9.78 Å². The first-order valence-corrected chi connectivity index (χ1v) is 8.51. The topological polar surface area (TPSA) is 96.6 Å². The van der Waals surface area contributed by atoms with Crippen molar-refractivity contribution < 1.29 is 19.2 Å². The van der Waals surface area contributed by atoms with Crippen LogP contribution >= 0.6 is 15.9 Å². The monoisotopic (exact) mass is 401 g/mol. The summed E-state index contributed by atoms with van der Waals surface area (Å²) in [5.74, 6) is -1.29. The van der Waals surface area contributed by atoms with Gasteiger partial charge in [-0.3, -0.25) is 10.1 Å². The van der Waals surface area contributed by atoms with Gasteiger partial charge in [-0.15, -0.1) is 0 Å². The second-order valence-corrected chi connectivity index (χ2v) is 7.55. The van der Waals surface area contributed by atoms with Gasteiger partial charge in [0.05, 0.1) is 5.92 Å². The molecule has 1 aliphatic heterocycles. The lowest BCUT2D eigenvalue weighted by molar-refractivity contribution is -0.487. The number of pyridine rings is 1. The molecule has 2 heterocycles. The fourth-order valence-corrected chi connectivity index (χ4v) is 4.93. The molecule has 3 atom stereocenters. The highest BCUT2D eigenvalue weighted by atomic mass is 79.9. The molecule has 3 rings (SSSR count). The number of carbonyl (C=O) groups is 1. The minimum atomic E-state index is -1.03. The number of hydrogen-bond donors (Lipinski definition) is 1. The van der Waals surface area contributed by atoms with Crippen molar-refractivity contribution in [3.05, 3.63) is 38.4 Å². The van der Waals surface area contributed by atoms with E-state index in [2.05, 4.69) is 20.9 Å². The highest BCUT2D eigenvalue weighted by molar-refractivity contribution is 9.10. The fourth-order valence-electron chi connectivity index (χ4n) is 4.38. The van der Waals surface area contributed by atoms with Crippen molar-refractivity contribution in [2.24, 2.45) is 11.3 Å². The molecule has 7 nitrogen and oxygen atoms in total. The van der Waals surface area contributed by atoms with Crippen molar-refractivity contribution in [2.45, 2.75) is 25.2 Å². The van der Waals surface area contributed by atoms with Crippen molar-refractivity contribution in [3.8, 4) is 0 Å². The molecule has 1 N–H and O–H groups in total. The zero-order chi connectivity index (χ0) is 17.5. The smallest absolute Gasteiger partial charge is 0.407 e. The number of aromatic nitrogens is 1. The first-order valence-electron chi connectivity index (χ1n) is 7.72. The lowest BCUT2D eigenvalue weighted by Gasteiger charge is -2.43. The van der Waals surface area contributed by atoms with Crippen LogP contribution in [0.15, 0.2) is 16.7 Å². The van der Waals surface area contributed by atoms with Gasteiger partial charge in [-0.1, -0.05) is 15.9 Å². The van der Waals surface area contributed by atoms with Crippen LogP contribution in [0.2, 0.25) is 0 Å². The summed E-state index contributed by atoms with van der Waals surface area (Å²) < 4.78 is 14.8. The number of hydrogen-bond acceptors (Lipinski definition) is 4. The maximum Gasteiger partial charge on any atom is 0.407 e.